The van der Waals surface area contributed by atoms with Crippen molar-refractivity contribution in [3.8, 4) is 5.75 Å². The van der Waals surface area contributed by atoms with Crippen LogP contribution in [0.15, 0.2) is 54.7 Å². The number of fused-ring (bicyclic) bond motifs is 1. The quantitative estimate of drug-likeness (QED) is 0.745. The molecule has 5 heteroatoms. The molecular formula is C21H23N3O2. The molecule has 2 heterocycles. The maximum atomic E-state index is 12.6. The topological polar surface area (TPSA) is 57.4 Å². The Hall–Kier alpha value is -2.79. The fourth-order valence-electron chi connectivity index (χ4n) is 3.68. The molecule has 0 saturated carbocycles. The highest BCUT2D eigenvalue weighted by Gasteiger charge is 2.28. The molecule has 0 bridgehead atoms. The predicted octanol–water partition coefficient (Wildman–Crippen LogP) is 2.72. The van der Waals surface area contributed by atoms with E-state index in [2.05, 4.69) is 34.7 Å². The number of para-hydroxylation sites is 1. The Morgan fingerprint density at radius 3 is 2.96 bits per heavy atom. The summed E-state index contributed by atoms with van der Waals surface area (Å²) < 4.78 is 5.31. The van der Waals surface area contributed by atoms with Gasteiger partial charge in [0.2, 0.25) is 5.91 Å². The van der Waals surface area contributed by atoms with E-state index in [4.69, 9.17) is 4.74 Å². The van der Waals surface area contributed by atoms with Crippen molar-refractivity contribution in [1.29, 1.82) is 0 Å². The first-order valence-electron chi connectivity index (χ1n) is 8.92. The summed E-state index contributed by atoms with van der Waals surface area (Å²) in [6.45, 7) is 1.80. The molecule has 0 unspecified atom stereocenters. The van der Waals surface area contributed by atoms with E-state index >= 15 is 0 Å². The normalized spacial score (nSPS) is 17.7. The number of rotatable bonds is 5. The number of nitrogens with one attached hydrogen (secondary N) is 2. The number of methoxy groups -OCH3 is 1. The van der Waals surface area contributed by atoms with Crippen molar-refractivity contribution >= 4 is 16.8 Å². The number of carbonyl (C=O) groups excluding carboxylic acids is 1. The van der Waals surface area contributed by atoms with Crippen LogP contribution in [0.3, 0.4) is 0 Å². The van der Waals surface area contributed by atoms with E-state index < -0.39 is 0 Å². The summed E-state index contributed by atoms with van der Waals surface area (Å²) in [7, 11) is 1.66. The number of ether oxygens (including phenoxy) is 1. The summed E-state index contributed by atoms with van der Waals surface area (Å²) in [6, 6.07) is 16.4. The van der Waals surface area contributed by atoms with E-state index in [0.29, 0.717) is 13.1 Å². The van der Waals surface area contributed by atoms with Gasteiger partial charge in [0.1, 0.15) is 5.75 Å². The Balaban J connectivity index is 1.57. The number of aromatic amines is 1. The number of nitrogens with zero attached hydrogens (tertiary/aromatic N) is 1. The maximum absolute atomic E-state index is 12.6. The zero-order chi connectivity index (χ0) is 17.9. The highest BCUT2D eigenvalue weighted by Crippen LogP contribution is 2.23. The van der Waals surface area contributed by atoms with Gasteiger partial charge in [-0.2, -0.15) is 0 Å². The highest BCUT2D eigenvalue weighted by molar-refractivity contribution is 5.83. The van der Waals surface area contributed by atoms with Crippen molar-refractivity contribution in [2.24, 2.45) is 0 Å². The minimum Gasteiger partial charge on any atom is -0.497 e. The molecule has 4 rings (SSSR count). The van der Waals surface area contributed by atoms with E-state index in [1.807, 2.05) is 35.2 Å². The molecule has 26 heavy (non-hydrogen) atoms. The van der Waals surface area contributed by atoms with E-state index in [1.54, 1.807) is 7.11 Å². The molecule has 1 aliphatic rings. The largest absolute Gasteiger partial charge is 0.497 e. The lowest BCUT2D eigenvalue weighted by atomic mass is 10.0. The average Bonchev–Trinajstić information content (AvgIpc) is 3.08. The SMILES string of the molecule is COc1cccc(CN2C(=O)CNC[C@@H]2Cc2c[nH]c3ccccc23)c1. The van der Waals surface area contributed by atoms with Crippen LogP contribution >= 0.6 is 0 Å². The van der Waals surface area contributed by atoms with Crippen molar-refractivity contribution in [1.82, 2.24) is 15.2 Å². The minimum atomic E-state index is 0.127. The fraction of sp³-hybridized carbons (Fsp3) is 0.286. The van der Waals surface area contributed by atoms with Crippen molar-refractivity contribution in [2.75, 3.05) is 20.2 Å². The number of H-pyrrole nitrogens is 1. The van der Waals surface area contributed by atoms with Gasteiger partial charge in [0, 0.05) is 36.2 Å². The van der Waals surface area contributed by atoms with Crippen molar-refractivity contribution in [3.63, 3.8) is 0 Å². The molecule has 0 radical (unpaired) electrons. The van der Waals surface area contributed by atoms with Gasteiger partial charge in [-0.1, -0.05) is 30.3 Å². The molecule has 0 spiro atoms. The number of piperazine rings is 1. The Labute approximate surface area is 153 Å². The van der Waals surface area contributed by atoms with Crippen LogP contribution < -0.4 is 10.1 Å². The number of carbonyl (C=O) groups is 1. The molecule has 5 nitrogen and oxygen atoms in total. The van der Waals surface area contributed by atoms with E-state index in [-0.39, 0.29) is 11.9 Å². The van der Waals surface area contributed by atoms with Crippen molar-refractivity contribution < 1.29 is 9.53 Å². The molecule has 1 saturated heterocycles. The summed E-state index contributed by atoms with van der Waals surface area (Å²) >= 11 is 0. The number of hydrogen-bond acceptors (Lipinski definition) is 3. The van der Waals surface area contributed by atoms with Crippen LogP contribution in [0, 0.1) is 0 Å². The van der Waals surface area contributed by atoms with Crippen molar-refractivity contribution in [2.45, 2.75) is 19.0 Å². The lowest BCUT2D eigenvalue weighted by molar-refractivity contribution is -0.135. The number of hydrogen-bond donors (Lipinski definition) is 2. The standard InChI is InChI=1S/C21H23N3O2/c1-26-18-6-4-5-15(9-18)14-24-17(12-22-13-21(24)25)10-16-11-23-20-8-3-2-7-19(16)20/h2-9,11,17,22-23H,10,12-14H2,1H3/t17-/m0/s1. The lowest BCUT2D eigenvalue weighted by Crippen LogP contribution is -2.55. The molecule has 3 aromatic rings. The van der Waals surface area contributed by atoms with Crippen LogP contribution in [0.5, 0.6) is 5.75 Å². The summed E-state index contributed by atoms with van der Waals surface area (Å²) in [5.74, 6) is 0.960. The lowest BCUT2D eigenvalue weighted by Gasteiger charge is -2.36. The van der Waals surface area contributed by atoms with Crippen LogP contribution in [0.2, 0.25) is 0 Å². The maximum Gasteiger partial charge on any atom is 0.237 e. The second-order valence-electron chi connectivity index (χ2n) is 6.72. The van der Waals surface area contributed by atoms with Crippen molar-refractivity contribution in [3.05, 3.63) is 65.9 Å². The van der Waals surface area contributed by atoms with Gasteiger partial charge in [-0.05, 0) is 35.7 Å². The Bertz CT molecular complexity index is 918. The molecule has 2 N–H and O–H groups in total. The summed E-state index contributed by atoms with van der Waals surface area (Å²) in [6.07, 6.45) is 2.89. The monoisotopic (exact) mass is 349 g/mol. The highest BCUT2D eigenvalue weighted by atomic mass is 16.5. The summed E-state index contributed by atoms with van der Waals surface area (Å²) in [5.41, 5.74) is 3.47. The third-order valence-corrected chi connectivity index (χ3v) is 5.03. The van der Waals surface area contributed by atoms with Gasteiger partial charge in [0.25, 0.3) is 0 Å². The summed E-state index contributed by atoms with van der Waals surface area (Å²) in [5, 5.41) is 4.49. The minimum absolute atomic E-state index is 0.127. The van der Waals surface area contributed by atoms with E-state index in [0.717, 1.165) is 29.8 Å². The van der Waals surface area contributed by atoms with Crippen LogP contribution in [0.1, 0.15) is 11.1 Å². The molecule has 1 aliphatic heterocycles. The zero-order valence-corrected chi connectivity index (χ0v) is 14.9. The van der Waals surface area contributed by atoms with Crippen LogP contribution in [0.4, 0.5) is 0 Å². The Kier molecular flexibility index (Phi) is 4.63. The van der Waals surface area contributed by atoms with Gasteiger partial charge in [-0.3, -0.25) is 4.79 Å². The first-order chi connectivity index (χ1) is 12.7. The number of amides is 1. The van der Waals surface area contributed by atoms with Crippen LogP contribution in [-0.2, 0) is 17.8 Å². The molecule has 1 amide bonds. The molecule has 0 aliphatic carbocycles. The van der Waals surface area contributed by atoms with Gasteiger partial charge in [-0.15, -0.1) is 0 Å². The van der Waals surface area contributed by atoms with Gasteiger partial charge >= 0.3 is 0 Å². The third-order valence-electron chi connectivity index (χ3n) is 5.03. The Morgan fingerprint density at radius 1 is 1.19 bits per heavy atom. The second-order valence-corrected chi connectivity index (χ2v) is 6.72. The Morgan fingerprint density at radius 2 is 2.08 bits per heavy atom. The first kappa shape index (κ1) is 16.7. The zero-order valence-electron chi connectivity index (χ0n) is 14.9. The van der Waals surface area contributed by atoms with Gasteiger partial charge < -0.3 is 19.9 Å². The average molecular weight is 349 g/mol. The molecule has 1 atom stereocenters. The number of benzene rings is 2. The van der Waals surface area contributed by atoms with E-state index in [1.165, 1.54) is 10.9 Å². The molecular weight excluding hydrogens is 326 g/mol. The third kappa shape index (κ3) is 3.30. The van der Waals surface area contributed by atoms with Crippen LogP contribution in [0.25, 0.3) is 10.9 Å². The fourth-order valence-corrected chi connectivity index (χ4v) is 3.68. The molecule has 134 valence electrons. The predicted molar refractivity (Wildman–Crippen MR) is 102 cm³/mol. The molecule has 2 aromatic carbocycles. The second kappa shape index (κ2) is 7.22. The van der Waals surface area contributed by atoms with Crippen LogP contribution in [-0.4, -0.2) is 42.0 Å². The smallest absolute Gasteiger partial charge is 0.237 e. The molecule has 1 aromatic heterocycles. The first-order valence-corrected chi connectivity index (χ1v) is 8.92. The number of aromatic nitrogens is 1. The van der Waals surface area contributed by atoms with Gasteiger partial charge in [0.15, 0.2) is 0 Å². The summed E-state index contributed by atoms with van der Waals surface area (Å²) in [4.78, 5) is 17.9. The van der Waals surface area contributed by atoms with E-state index in [9.17, 15) is 4.79 Å². The van der Waals surface area contributed by atoms with Gasteiger partial charge in [-0.25, -0.2) is 0 Å². The van der Waals surface area contributed by atoms with Gasteiger partial charge in [0.05, 0.1) is 13.7 Å². The molecule has 1 fully saturated rings.